The molecule has 0 aliphatic carbocycles. The molecule has 2 aliphatic heterocycles. The lowest BCUT2D eigenvalue weighted by molar-refractivity contribution is -0.199. The van der Waals surface area contributed by atoms with Crippen molar-refractivity contribution >= 4 is 12.4 Å². The summed E-state index contributed by atoms with van der Waals surface area (Å²) < 4.78 is 38.7. The summed E-state index contributed by atoms with van der Waals surface area (Å²) in [6.45, 7) is 5.40. The van der Waals surface area contributed by atoms with Gasteiger partial charge in [0, 0.05) is 12.6 Å². The average molecular weight is 301 g/mol. The Bertz CT molecular complexity index is 267. The minimum absolute atomic E-state index is 0. The Morgan fingerprint density at radius 1 is 1.21 bits per heavy atom. The van der Waals surface area contributed by atoms with Gasteiger partial charge in [-0.3, -0.25) is 4.90 Å². The number of hydrogen-bond acceptors (Lipinski definition) is 2. The number of alkyl halides is 3. The van der Waals surface area contributed by atoms with Gasteiger partial charge in [0.25, 0.3) is 0 Å². The number of hydrogen-bond donors (Lipinski definition) is 1. The molecule has 0 spiro atoms. The lowest BCUT2D eigenvalue weighted by Crippen LogP contribution is -2.51. The van der Waals surface area contributed by atoms with Gasteiger partial charge in [0.1, 0.15) is 0 Å². The largest absolute Gasteiger partial charge is 0.393 e. The highest BCUT2D eigenvalue weighted by atomic mass is 35.5. The van der Waals surface area contributed by atoms with Crippen LogP contribution in [-0.2, 0) is 0 Å². The van der Waals surface area contributed by atoms with Crippen molar-refractivity contribution in [1.82, 2.24) is 10.2 Å². The van der Waals surface area contributed by atoms with Gasteiger partial charge in [-0.1, -0.05) is 0 Å². The molecule has 3 unspecified atom stereocenters. The quantitative estimate of drug-likeness (QED) is 0.843. The SMILES string of the molecule is CC1C(C(F)(F)F)CCCN1CC1CCCNC1.Cl. The summed E-state index contributed by atoms with van der Waals surface area (Å²) in [6, 6.07) is -0.360. The molecule has 0 saturated carbocycles. The fourth-order valence-corrected chi connectivity index (χ4v) is 3.32. The summed E-state index contributed by atoms with van der Waals surface area (Å²) in [5.74, 6) is -0.615. The van der Waals surface area contributed by atoms with E-state index in [4.69, 9.17) is 0 Å². The second-order valence-corrected chi connectivity index (χ2v) is 5.74. The van der Waals surface area contributed by atoms with Gasteiger partial charge in [0.2, 0.25) is 0 Å². The molecule has 6 heteroatoms. The van der Waals surface area contributed by atoms with Gasteiger partial charge in [-0.2, -0.15) is 13.2 Å². The molecule has 0 bridgehead atoms. The van der Waals surface area contributed by atoms with Crippen LogP contribution in [0.3, 0.4) is 0 Å². The molecule has 0 radical (unpaired) electrons. The van der Waals surface area contributed by atoms with Crippen LogP contribution in [0.15, 0.2) is 0 Å². The molecule has 2 rings (SSSR count). The number of piperidine rings is 2. The van der Waals surface area contributed by atoms with Crippen LogP contribution in [0.25, 0.3) is 0 Å². The maximum Gasteiger partial charge on any atom is 0.393 e. The molecule has 0 aromatic carbocycles. The standard InChI is InChI=1S/C13H23F3N2.ClH/c1-10-12(13(14,15)16)5-3-7-18(10)9-11-4-2-6-17-8-11;/h10-12,17H,2-9H2,1H3;1H. The predicted molar refractivity (Wildman–Crippen MR) is 72.7 cm³/mol. The van der Waals surface area contributed by atoms with Crippen LogP contribution in [0.1, 0.15) is 32.6 Å². The summed E-state index contributed by atoms with van der Waals surface area (Å²) in [5.41, 5.74) is 0. The maximum absolute atomic E-state index is 12.9. The second kappa shape index (κ2) is 7.14. The van der Waals surface area contributed by atoms with Gasteiger partial charge in [-0.15, -0.1) is 12.4 Å². The van der Waals surface area contributed by atoms with Gasteiger partial charge < -0.3 is 5.32 Å². The molecular weight excluding hydrogens is 277 g/mol. The Morgan fingerprint density at radius 2 is 1.95 bits per heavy atom. The first-order valence-corrected chi connectivity index (χ1v) is 7.00. The number of nitrogens with one attached hydrogen (secondary N) is 1. The molecule has 1 N–H and O–H groups in total. The van der Waals surface area contributed by atoms with E-state index in [-0.39, 0.29) is 18.4 Å². The molecule has 0 amide bonds. The summed E-state index contributed by atoms with van der Waals surface area (Å²) in [6.07, 6.45) is -0.774. The third-order valence-corrected chi connectivity index (χ3v) is 4.43. The minimum Gasteiger partial charge on any atom is -0.316 e. The maximum atomic E-state index is 12.9. The molecule has 19 heavy (non-hydrogen) atoms. The van der Waals surface area contributed by atoms with Crippen molar-refractivity contribution in [1.29, 1.82) is 0 Å². The van der Waals surface area contributed by atoms with Crippen LogP contribution in [0.4, 0.5) is 13.2 Å². The number of halogens is 4. The first kappa shape index (κ1) is 17.1. The summed E-state index contributed by atoms with van der Waals surface area (Å²) in [5, 5.41) is 3.33. The highest BCUT2D eigenvalue weighted by molar-refractivity contribution is 5.85. The minimum atomic E-state index is -4.04. The van der Waals surface area contributed by atoms with E-state index in [1.54, 1.807) is 6.92 Å². The van der Waals surface area contributed by atoms with Crippen molar-refractivity contribution < 1.29 is 13.2 Å². The first-order valence-electron chi connectivity index (χ1n) is 7.00. The van der Waals surface area contributed by atoms with E-state index in [0.29, 0.717) is 18.8 Å². The molecule has 0 aromatic heterocycles. The van der Waals surface area contributed by atoms with Crippen LogP contribution in [0.5, 0.6) is 0 Å². The van der Waals surface area contributed by atoms with E-state index in [1.165, 1.54) is 0 Å². The highest BCUT2D eigenvalue weighted by Gasteiger charge is 2.46. The van der Waals surface area contributed by atoms with Crippen molar-refractivity contribution in [2.75, 3.05) is 26.2 Å². The zero-order valence-corrected chi connectivity index (χ0v) is 12.2. The van der Waals surface area contributed by atoms with Crippen LogP contribution < -0.4 is 5.32 Å². The molecule has 2 nitrogen and oxygen atoms in total. The molecule has 114 valence electrons. The molecular formula is C13H24ClF3N2. The third kappa shape index (κ3) is 4.50. The van der Waals surface area contributed by atoms with Crippen molar-refractivity contribution in [3.8, 4) is 0 Å². The smallest absolute Gasteiger partial charge is 0.316 e. The van der Waals surface area contributed by atoms with Gasteiger partial charge in [-0.25, -0.2) is 0 Å². The Hall–Kier alpha value is 0. The molecule has 2 fully saturated rings. The summed E-state index contributed by atoms with van der Waals surface area (Å²) >= 11 is 0. The Balaban J connectivity index is 0.00000180. The molecule has 2 saturated heterocycles. The monoisotopic (exact) mass is 300 g/mol. The number of nitrogens with zero attached hydrogens (tertiary/aromatic N) is 1. The second-order valence-electron chi connectivity index (χ2n) is 5.74. The molecule has 0 aromatic rings. The van der Waals surface area contributed by atoms with E-state index in [9.17, 15) is 13.2 Å². The van der Waals surface area contributed by atoms with Gasteiger partial charge in [0.05, 0.1) is 5.92 Å². The van der Waals surface area contributed by atoms with Gasteiger partial charge >= 0.3 is 6.18 Å². The predicted octanol–water partition coefficient (Wildman–Crippen LogP) is 3.07. The lowest BCUT2D eigenvalue weighted by atomic mass is 9.88. The van der Waals surface area contributed by atoms with E-state index >= 15 is 0 Å². The van der Waals surface area contributed by atoms with Crippen molar-refractivity contribution in [2.24, 2.45) is 11.8 Å². The van der Waals surface area contributed by atoms with E-state index in [2.05, 4.69) is 10.2 Å². The van der Waals surface area contributed by atoms with Crippen molar-refractivity contribution in [3.05, 3.63) is 0 Å². The first-order chi connectivity index (χ1) is 8.48. The van der Waals surface area contributed by atoms with Crippen molar-refractivity contribution in [3.63, 3.8) is 0 Å². The van der Waals surface area contributed by atoms with Crippen LogP contribution in [-0.4, -0.2) is 43.3 Å². The zero-order valence-electron chi connectivity index (χ0n) is 11.4. The van der Waals surface area contributed by atoms with Crippen LogP contribution in [0, 0.1) is 11.8 Å². The number of rotatable bonds is 2. The molecule has 2 aliphatic rings. The fraction of sp³-hybridized carbons (Fsp3) is 1.00. The third-order valence-electron chi connectivity index (χ3n) is 4.43. The molecule has 3 atom stereocenters. The van der Waals surface area contributed by atoms with E-state index in [0.717, 1.165) is 39.0 Å². The fourth-order valence-electron chi connectivity index (χ4n) is 3.32. The van der Waals surface area contributed by atoms with Gasteiger partial charge in [0.15, 0.2) is 0 Å². The number of likely N-dealkylation sites (tertiary alicyclic amines) is 1. The summed E-state index contributed by atoms with van der Waals surface area (Å²) in [4.78, 5) is 2.05. The van der Waals surface area contributed by atoms with Gasteiger partial charge in [-0.05, 0) is 58.2 Å². The van der Waals surface area contributed by atoms with E-state index in [1.807, 2.05) is 0 Å². The molecule has 2 heterocycles. The zero-order chi connectivity index (χ0) is 13.2. The normalized spacial score (nSPS) is 33.8. The Morgan fingerprint density at radius 3 is 2.53 bits per heavy atom. The summed E-state index contributed by atoms with van der Waals surface area (Å²) in [7, 11) is 0. The van der Waals surface area contributed by atoms with Crippen LogP contribution >= 0.6 is 12.4 Å². The Labute approximate surface area is 119 Å². The topological polar surface area (TPSA) is 15.3 Å². The lowest BCUT2D eigenvalue weighted by Gasteiger charge is -2.42. The van der Waals surface area contributed by atoms with Crippen molar-refractivity contribution in [2.45, 2.75) is 44.8 Å². The van der Waals surface area contributed by atoms with E-state index < -0.39 is 12.1 Å². The highest BCUT2D eigenvalue weighted by Crippen LogP contribution is 2.37. The Kier molecular flexibility index (Phi) is 6.40. The average Bonchev–Trinajstić information content (AvgIpc) is 2.32. The van der Waals surface area contributed by atoms with Crippen LogP contribution in [0.2, 0.25) is 0 Å².